The minimum Gasteiger partial charge on any atom is -0.481 e. The predicted molar refractivity (Wildman–Crippen MR) is 79.6 cm³/mol. The van der Waals surface area contributed by atoms with Crippen molar-refractivity contribution in [2.75, 3.05) is 13.2 Å². The fourth-order valence-corrected chi connectivity index (χ4v) is 1.76. The van der Waals surface area contributed by atoms with Gasteiger partial charge in [-0.25, -0.2) is 4.39 Å². The van der Waals surface area contributed by atoms with E-state index in [9.17, 15) is 9.18 Å². The summed E-state index contributed by atoms with van der Waals surface area (Å²) in [5.41, 5.74) is 5.59. The number of carbonyl (C=O) groups excluding carboxylic acids is 1. The molecule has 20 heavy (non-hydrogen) atoms. The Bertz CT molecular complexity index is 416. The lowest BCUT2D eigenvalue weighted by Crippen LogP contribution is -2.43. The van der Waals surface area contributed by atoms with Crippen molar-refractivity contribution in [3.05, 3.63) is 30.1 Å². The average molecular weight is 305 g/mol. The average Bonchev–Trinajstić information content (AvgIpc) is 2.36. The molecule has 0 saturated carbocycles. The van der Waals surface area contributed by atoms with Crippen molar-refractivity contribution in [2.24, 2.45) is 11.7 Å². The van der Waals surface area contributed by atoms with Gasteiger partial charge in [-0.1, -0.05) is 26.0 Å². The molecule has 1 aromatic carbocycles. The lowest BCUT2D eigenvalue weighted by Gasteiger charge is -2.18. The number of rotatable bonds is 7. The van der Waals surface area contributed by atoms with Gasteiger partial charge in [0.2, 0.25) is 0 Å². The predicted octanol–water partition coefficient (Wildman–Crippen LogP) is 2.12. The van der Waals surface area contributed by atoms with Gasteiger partial charge in [0.15, 0.2) is 18.2 Å². The van der Waals surface area contributed by atoms with Crippen LogP contribution in [-0.2, 0) is 4.79 Å². The van der Waals surface area contributed by atoms with E-state index < -0.39 is 5.82 Å². The summed E-state index contributed by atoms with van der Waals surface area (Å²) in [5, 5.41) is 2.78. The van der Waals surface area contributed by atoms with E-state index in [1.165, 1.54) is 12.1 Å². The Balaban J connectivity index is 0.00000361. The van der Waals surface area contributed by atoms with Gasteiger partial charge in [-0.2, -0.15) is 0 Å². The Kier molecular flexibility index (Phi) is 8.92. The summed E-state index contributed by atoms with van der Waals surface area (Å²) in [7, 11) is 0. The van der Waals surface area contributed by atoms with E-state index >= 15 is 0 Å². The van der Waals surface area contributed by atoms with E-state index in [2.05, 4.69) is 19.2 Å². The van der Waals surface area contributed by atoms with Crippen molar-refractivity contribution in [1.29, 1.82) is 0 Å². The smallest absolute Gasteiger partial charge is 0.258 e. The van der Waals surface area contributed by atoms with Crippen LogP contribution in [0.25, 0.3) is 0 Å². The molecule has 0 aliphatic carbocycles. The van der Waals surface area contributed by atoms with Crippen LogP contribution in [0.1, 0.15) is 20.3 Å². The number of halogens is 2. The molecular formula is C14H22ClFN2O2. The van der Waals surface area contributed by atoms with E-state index in [0.717, 1.165) is 6.42 Å². The minimum absolute atomic E-state index is 0. The fraction of sp³-hybridized carbons (Fsp3) is 0.500. The molecule has 0 fully saturated rings. The number of benzene rings is 1. The second-order valence-electron chi connectivity index (χ2n) is 4.85. The van der Waals surface area contributed by atoms with Crippen LogP contribution < -0.4 is 15.8 Å². The molecule has 0 heterocycles. The molecular weight excluding hydrogens is 283 g/mol. The number of nitrogens with two attached hydrogens (primary N) is 1. The summed E-state index contributed by atoms with van der Waals surface area (Å²) >= 11 is 0. The minimum atomic E-state index is -0.479. The van der Waals surface area contributed by atoms with Crippen LogP contribution in [0.4, 0.5) is 4.39 Å². The van der Waals surface area contributed by atoms with Crippen LogP contribution in [0.3, 0.4) is 0 Å². The molecule has 1 amide bonds. The molecule has 0 spiro atoms. The SMILES string of the molecule is CC(C)CC(CN)NC(=O)COc1ccccc1F.Cl. The summed E-state index contributed by atoms with van der Waals surface area (Å²) in [5.74, 6) is -0.251. The molecule has 0 aromatic heterocycles. The molecule has 0 aliphatic heterocycles. The second kappa shape index (κ2) is 9.55. The Morgan fingerprint density at radius 2 is 2.05 bits per heavy atom. The van der Waals surface area contributed by atoms with Crippen molar-refractivity contribution in [3.8, 4) is 5.75 Å². The van der Waals surface area contributed by atoms with Gasteiger partial charge in [-0.15, -0.1) is 12.4 Å². The first-order valence-corrected chi connectivity index (χ1v) is 6.39. The summed E-state index contributed by atoms with van der Waals surface area (Å²) in [6.07, 6.45) is 0.807. The van der Waals surface area contributed by atoms with Crippen LogP contribution in [0.2, 0.25) is 0 Å². The molecule has 3 N–H and O–H groups in total. The molecule has 0 saturated heterocycles. The maximum atomic E-state index is 13.3. The zero-order valence-corrected chi connectivity index (χ0v) is 12.6. The third-order valence-corrected chi connectivity index (χ3v) is 2.60. The van der Waals surface area contributed by atoms with Gasteiger partial charge < -0.3 is 15.8 Å². The van der Waals surface area contributed by atoms with Crippen LogP contribution in [0.15, 0.2) is 24.3 Å². The quantitative estimate of drug-likeness (QED) is 0.811. The van der Waals surface area contributed by atoms with Crippen molar-refractivity contribution in [3.63, 3.8) is 0 Å². The number of hydrogen-bond donors (Lipinski definition) is 2. The highest BCUT2D eigenvalue weighted by molar-refractivity contribution is 5.85. The first kappa shape index (κ1) is 18.7. The van der Waals surface area contributed by atoms with Crippen LogP contribution in [0.5, 0.6) is 5.75 Å². The Hall–Kier alpha value is -1.33. The summed E-state index contributed by atoms with van der Waals surface area (Å²) in [6.45, 7) is 4.29. The molecule has 0 bridgehead atoms. The van der Waals surface area contributed by atoms with Crippen molar-refractivity contribution in [1.82, 2.24) is 5.32 Å². The number of hydrogen-bond acceptors (Lipinski definition) is 3. The molecule has 1 unspecified atom stereocenters. The van der Waals surface area contributed by atoms with Gasteiger partial charge in [0.05, 0.1) is 0 Å². The van der Waals surface area contributed by atoms with Gasteiger partial charge in [-0.05, 0) is 24.5 Å². The van der Waals surface area contributed by atoms with Crippen molar-refractivity contribution < 1.29 is 13.9 Å². The summed E-state index contributed by atoms with van der Waals surface area (Å²) in [6, 6.07) is 5.91. The zero-order valence-electron chi connectivity index (χ0n) is 11.8. The molecule has 1 aromatic rings. The molecule has 4 nitrogen and oxygen atoms in total. The molecule has 114 valence electrons. The third kappa shape index (κ3) is 6.73. The van der Waals surface area contributed by atoms with Crippen molar-refractivity contribution >= 4 is 18.3 Å². The van der Waals surface area contributed by atoms with E-state index in [1.807, 2.05) is 0 Å². The molecule has 0 aliphatic rings. The second-order valence-corrected chi connectivity index (χ2v) is 4.85. The third-order valence-electron chi connectivity index (χ3n) is 2.60. The van der Waals surface area contributed by atoms with Crippen LogP contribution in [-0.4, -0.2) is 25.1 Å². The van der Waals surface area contributed by atoms with E-state index in [1.54, 1.807) is 12.1 Å². The maximum absolute atomic E-state index is 13.3. The fourth-order valence-electron chi connectivity index (χ4n) is 1.76. The highest BCUT2D eigenvalue weighted by atomic mass is 35.5. The summed E-state index contributed by atoms with van der Waals surface area (Å²) in [4.78, 5) is 11.7. The van der Waals surface area contributed by atoms with Gasteiger partial charge in [0.1, 0.15) is 0 Å². The van der Waals surface area contributed by atoms with Gasteiger partial charge >= 0.3 is 0 Å². The van der Waals surface area contributed by atoms with Gasteiger partial charge in [0, 0.05) is 12.6 Å². The normalized spacial score (nSPS) is 11.7. The van der Waals surface area contributed by atoms with E-state index in [-0.39, 0.29) is 36.7 Å². The van der Waals surface area contributed by atoms with Crippen LogP contribution in [0, 0.1) is 11.7 Å². The number of ether oxygens (including phenoxy) is 1. The number of para-hydroxylation sites is 1. The number of amides is 1. The molecule has 6 heteroatoms. The Morgan fingerprint density at radius 3 is 2.60 bits per heavy atom. The van der Waals surface area contributed by atoms with Crippen LogP contribution >= 0.6 is 12.4 Å². The van der Waals surface area contributed by atoms with Gasteiger partial charge in [0.25, 0.3) is 5.91 Å². The Morgan fingerprint density at radius 1 is 1.40 bits per heavy atom. The number of carbonyl (C=O) groups is 1. The van der Waals surface area contributed by atoms with Crippen molar-refractivity contribution in [2.45, 2.75) is 26.3 Å². The summed E-state index contributed by atoms with van der Waals surface area (Å²) < 4.78 is 18.4. The monoisotopic (exact) mass is 304 g/mol. The molecule has 0 radical (unpaired) electrons. The van der Waals surface area contributed by atoms with E-state index in [0.29, 0.717) is 12.5 Å². The first-order valence-electron chi connectivity index (χ1n) is 6.39. The highest BCUT2D eigenvalue weighted by Crippen LogP contribution is 2.14. The first-order chi connectivity index (χ1) is 9.02. The largest absolute Gasteiger partial charge is 0.481 e. The molecule has 1 rings (SSSR count). The zero-order chi connectivity index (χ0) is 14.3. The topological polar surface area (TPSA) is 64.3 Å². The lowest BCUT2D eigenvalue weighted by atomic mass is 10.0. The van der Waals surface area contributed by atoms with Gasteiger partial charge in [-0.3, -0.25) is 4.79 Å². The number of nitrogens with one attached hydrogen (secondary N) is 1. The standard InChI is InChI=1S/C14H21FN2O2.ClH/c1-10(2)7-11(8-16)17-14(18)9-19-13-6-4-3-5-12(13)15;/h3-6,10-11H,7-9,16H2,1-2H3,(H,17,18);1H. The highest BCUT2D eigenvalue weighted by Gasteiger charge is 2.13. The lowest BCUT2D eigenvalue weighted by molar-refractivity contribution is -0.123. The maximum Gasteiger partial charge on any atom is 0.258 e. The molecule has 1 atom stereocenters. The Labute approximate surface area is 125 Å². The van der Waals surface area contributed by atoms with E-state index in [4.69, 9.17) is 10.5 Å².